The minimum absolute atomic E-state index is 0.178. The molecule has 0 atom stereocenters. The lowest BCUT2D eigenvalue weighted by Crippen LogP contribution is -2.42. The van der Waals surface area contributed by atoms with Crippen molar-refractivity contribution in [2.75, 3.05) is 20.3 Å². The van der Waals surface area contributed by atoms with Crippen LogP contribution in [-0.2, 0) is 19.7 Å². The van der Waals surface area contributed by atoms with Crippen LogP contribution in [0, 0.1) is 5.92 Å². The summed E-state index contributed by atoms with van der Waals surface area (Å²) in [5, 5.41) is 0. The molecule has 136 valence electrons. The van der Waals surface area contributed by atoms with Crippen molar-refractivity contribution in [3.05, 3.63) is 59.7 Å². The summed E-state index contributed by atoms with van der Waals surface area (Å²) >= 11 is 0. The van der Waals surface area contributed by atoms with Crippen LogP contribution in [0.3, 0.4) is 0 Å². The second-order valence-electron chi connectivity index (χ2n) is 7.53. The fourth-order valence-electron chi connectivity index (χ4n) is 4.65. The van der Waals surface area contributed by atoms with Gasteiger partial charge in [0.25, 0.3) is 0 Å². The number of rotatable bonds is 5. The molecular weight excluding hydrogens is 324 g/mol. The SMILES string of the molecule is COCC1(C(=O)OCC2CCCCC2)c2ccccc2-c2ccccc21. The summed E-state index contributed by atoms with van der Waals surface area (Å²) in [5.74, 6) is 0.321. The van der Waals surface area contributed by atoms with Gasteiger partial charge in [0.2, 0.25) is 0 Å². The van der Waals surface area contributed by atoms with Crippen molar-refractivity contribution >= 4 is 5.97 Å². The van der Waals surface area contributed by atoms with Gasteiger partial charge in [-0.3, -0.25) is 4.79 Å². The van der Waals surface area contributed by atoms with Gasteiger partial charge in [-0.05, 0) is 41.0 Å². The van der Waals surface area contributed by atoms with Crippen LogP contribution in [0.1, 0.15) is 43.2 Å². The number of ether oxygens (including phenoxy) is 2. The molecule has 0 amide bonds. The van der Waals surface area contributed by atoms with E-state index < -0.39 is 5.41 Å². The van der Waals surface area contributed by atoms with E-state index in [1.807, 2.05) is 36.4 Å². The minimum atomic E-state index is -0.864. The molecule has 26 heavy (non-hydrogen) atoms. The minimum Gasteiger partial charge on any atom is -0.464 e. The molecule has 2 aliphatic carbocycles. The Morgan fingerprint density at radius 3 is 2.12 bits per heavy atom. The molecule has 0 unspecified atom stereocenters. The Labute approximate surface area is 155 Å². The number of carbonyl (C=O) groups is 1. The maximum atomic E-state index is 13.4. The number of hydrogen-bond donors (Lipinski definition) is 0. The van der Waals surface area contributed by atoms with E-state index >= 15 is 0 Å². The van der Waals surface area contributed by atoms with Crippen molar-refractivity contribution in [1.29, 1.82) is 0 Å². The first-order valence-electron chi connectivity index (χ1n) is 9.63. The van der Waals surface area contributed by atoms with Gasteiger partial charge in [0.05, 0.1) is 13.2 Å². The Balaban J connectivity index is 1.70. The Morgan fingerprint density at radius 2 is 1.54 bits per heavy atom. The highest BCUT2D eigenvalue weighted by Crippen LogP contribution is 2.49. The number of benzene rings is 2. The zero-order chi connectivity index (χ0) is 18.0. The maximum Gasteiger partial charge on any atom is 0.323 e. The number of hydrogen-bond acceptors (Lipinski definition) is 3. The summed E-state index contributed by atoms with van der Waals surface area (Å²) in [4.78, 5) is 13.4. The van der Waals surface area contributed by atoms with Gasteiger partial charge in [-0.1, -0.05) is 67.8 Å². The molecule has 0 spiro atoms. The van der Waals surface area contributed by atoms with E-state index in [4.69, 9.17) is 9.47 Å². The zero-order valence-corrected chi connectivity index (χ0v) is 15.4. The first-order chi connectivity index (χ1) is 12.8. The number of methoxy groups -OCH3 is 1. The highest BCUT2D eigenvalue weighted by atomic mass is 16.5. The van der Waals surface area contributed by atoms with Crippen LogP contribution in [0.4, 0.5) is 0 Å². The van der Waals surface area contributed by atoms with Crippen molar-refractivity contribution in [2.24, 2.45) is 5.92 Å². The molecule has 0 saturated heterocycles. The summed E-state index contributed by atoms with van der Waals surface area (Å²) in [5.41, 5.74) is 3.34. The predicted molar refractivity (Wildman–Crippen MR) is 102 cm³/mol. The molecule has 0 aromatic heterocycles. The van der Waals surface area contributed by atoms with Gasteiger partial charge < -0.3 is 9.47 Å². The molecule has 0 radical (unpaired) electrons. The van der Waals surface area contributed by atoms with Crippen molar-refractivity contribution in [2.45, 2.75) is 37.5 Å². The quantitative estimate of drug-likeness (QED) is 0.732. The van der Waals surface area contributed by atoms with Gasteiger partial charge in [-0.2, -0.15) is 0 Å². The third kappa shape index (κ3) is 2.75. The lowest BCUT2D eigenvalue weighted by Gasteiger charge is -2.30. The lowest BCUT2D eigenvalue weighted by molar-refractivity contribution is -0.152. The number of carbonyl (C=O) groups excluding carboxylic acids is 1. The van der Waals surface area contributed by atoms with Crippen molar-refractivity contribution in [3.63, 3.8) is 0 Å². The first kappa shape index (κ1) is 17.3. The Hall–Kier alpha value is -2.13. The van der Waals surface area contributed by atoms with E-state index in [2.05, 4.69) is 12.1 Å². The Kier molecular flexibility index (Phi) is 4.82. The van der Waals surface area contributed by atoms with Crippen molar-refractivity contribution in [3.8, 4) is 11.1 Å². The molecule has 0 aliphatic heterocycles. The van der Waals surface area contributed by atoms with E-state index in [0.717, 1.165) is 35.1 Å². The van der Waals surface area contributed by atoms with E-state index in [1.165, 1.54) is 19.3 Å². The molecule has 2 aromatic carbocycles. The summed E-state index contributed by atoms with van der Waals surface area (Å²) in [6.07, 6.45) is 6.13. The molecule has 1 fully saturated rings. The fourth-order valence-corrected chi connectivity index (χ4v) is 4.65. The van der Waals surface area contributed by atoms with Crippen LogP contribution >= 0.6 is 0 Å². The average Bonchev–Trinajstić information content (AvgIpc) is 2.99. The molecular formula is C23H26O3. The monoisotopic (exact) mass is 350 g/mol. The lowest BCUT2D eigenvalue weighted by atomic mass is 9.78. The third-order valence-corrected chi connectivity index (χ3v) is 5.95. The van der Waals surface area contributed by atoms with Gasteiger partial charge in [-0.15, -0.1) is 0 Å². The summed E-state index contributed by atoms with van der Waals surface area (Å²) in [6, 6.07) is 16.3. The summed E-state index contributed by atoms with van der Waals surface area (Å²) in [6.45, 7) is 0.819. The van der Waals surface area contributed by atoms with Gasteiger partial charge in [0, 0.05) is 7.11 Å². The number of fused-ring (bicyclic) bond motifs is 3. The zero-order valence-electron chi connectivity index (χ0n) is 15.4. The van der Waals surface area contributed by atoms with Crippen molar-refractivity contribution in [1.82, 2.24) is 0 Å². The molecule has 0 N–H and O–H groups in total. The predicted octanol–water partition coefficient (Wildman–Crippen LogP) is 4.72. The topological polar surface area (TPSA) is 35.5 Å². The summed E-state index contributed by atoms with van der Waals surface area (Å²) < 4.78 is 11.5. The van der Waals surface area contributed by atoms with Crippen LogP contribution in [0.25, 0.3) is 11.1 Å². The van der Waals surface area contributed by atoms with E-state index in [9.17, 15) is 4.79 Å². The average molecular weight is 350 g/mol. The Bertz CT molecular complexity index is 744. The largest absolute Gasteiger partial charge is 0.464 e. The molecule has 4 rings (SSSR count). The molecule has 1 saturated carbocycles. The van der Waals surface area contributed by atoms with Gasteiger partial charge in [0.1, 0.15) is 5.41 Å². The number of esters is 1. The van der Waals surface area contributed by atoms with Crippen LogP contribution in [0.2, 0.25) is 0 Å². The normalized spacial score (nSPS) is 18.2. The summed E-state index contributed by atoms with van der Waals surface area (Å²) in [7, 11) is 1.65. The molecule has 0 bridgehead atoms. The fraction of sp³-hybridized carbons (Fsp3) is 0.435. The smallest absolute Gasteiger partial charge is 0.323 e. The van der Waals surface area contributed by atoms with Crippen LogP contribution in [-0.4, -0.2) is 26.3 Å². The van der Waals surface area contributed by atoms with Gasteiger partial charge >= 0.3 is 5.97 Å². The second-order valence-corrected chi connectivity index (χ2v) is 7.53. The highest BCUT2D eigenvalue weighted by molar-refractivity contribution is 5.98. The first-order valence-corrected chi connectivity index (χ1v) is 9.63. The molecule has 3 heteroatoms. The molecule has 2 aromatic rings. The van der Waals surface area contributed by atoms with E-state index in [0.29, 0.717) is 19.1 Å². The van der Waals surface area contributed by atoms with Gasteiger partial charge in [-0.25, -0.2) is 0 Å². The van der Waals surface area contributed by atoms with Crippen LogP contribution in [0.15, 0.2) is 48.5 Å². The molecule has 2 aliphatic rings. The third-order valence-electron chi connectivity index (χ3n) is 5.95. The standard InChI is InChI=1S/C23H26O3/c1-25-16-23(22(24)26-15-17-9-3-2-4-10-17)20-13-7-5-11-18(20)19-12-6-8-14-21(19)23/h5-8,11-14,17H,2-4,9-10,15-16H2,1H3. The van der Waals surface area contributed by atoms with E-state index in [1.54, 1.807) is 7.11 Å². The van der Waals surface area contributed by atoms with Crippen LogP contribution in [0.5, 0.6) is 0 Å². The Morgan fingerprint density at radius 1 is 0.962 bits per heavy atom. The highest BCUT2D eigenvalue weighted by Gasteiger charge is 2.50. The van der Waals surface area contributed by atoms with E-state index in [-0.39, 0.29) is 5.97 Å². The molecule has 3 nitrogen and oxygen atoms in total. The van der Waals surface area contributed by atoms with Crippen molar-refractivity contribution < 1.29 is 14.3 Å². The maximum absolute atomic E-state index is 13.4. The van der Waals surface area contributed by atoms with Gasteiger partial charge in [0.15, 0.2) is 0 Å². The second kappa shape index (κ2) is 7.24. The molecule has 0 heterocycles. The van der Waals surface area contributed by atoms with Crippen LogP contribution < -0.4 is 0 Å².